The summed E-state index contributed by atoms with van der Waals surface area (Å²) in [5.74, 6) is 0. The summed E-state index contributed by atoms with van der Waals surface area (Å²) in [5.41, 5.74) is 8.39. The van der Waals surface area contributed by atoms with Gasteiger partial charge in [-0.25, -0.2) is 0 Å². The molecule has 0 amide bonds. The van der Waals surface area contributed by atoms with Crippen LogP contribution in [0.5, 0.6) is 0 Å². The molecule has 1 fully saturated rings. The van der Waals surface area contributed by atoms with Crippen LogP contribution in [0.15, 0.2) is 18.2 Å². The molecule has 0 atom stereocenters. The molecular weight excluding hydrogens is 244 g/mol. The SMILES string of the molecule is CC1(C)CCCN(Cc2c(N)cccc2Cl)CC1. The van der Waals surface area contributed by atoms with Crippen molar-refractivity contribution in [1.29, 1.82) is 0 Å². The van der Waals surface area contributed by atoms with Crippen LogP contribution < -0.4 is 5.73 Å². The molecule has 1 aromatic rings. The third kappa shape index (κ3) is 3.39. The molecule has 0 aromatic heterocycles. The lowest BCUT2D eigenvalue weighted by atomic mass is 9.85. The Morgan fingerprint density at radius 1 is 1.28 bits per heavy atom. The summed E-state index contributed by atoms with van der Waals surface area (Å²) in [6, 6.07) is 5.77. The normalized spacial score (nSPS) is 20.6. The number of benzene rings is 1. The number of anilines is 1. The van der Waals surface area contributed by atoms with Crippen molar-refractivity contribution in [3.8, 4) is 0 Å². The molecule has 0 aliphatic carbocycles. The third-order valence-corrected chi connectivity index (χ3v) is 4.32. The number of hydrogen-bond acceptors (Lipinski definition) is 2. The van der Waals surface area contributed by atoms with Crippen molar-refractivity contribution < 1.29 is 0 Å². The number of rotatable bonds is 2. The van der Waals surface area contributed by atoms with Crippen LogP contribution in [0.25, 0.3) is 0 Å². The van der Waals surface area contributed by atoms with Gasteiger partial charge in [-0.1, -0.05) is 31.5 Å². The second-order valence-electron chi connectivity index (χ2n) is 6.10. The zero-order valence-electron chi connectivity index (χ0n) is 11.4. The molecule has 1 saturated heterocycles. The summed E-state index contributed by atoms with van der Waals surface area (Å²) in [6.45, 7) is 7.88. The Hall–Kier alpha value is -0.730. The first-order chi connectivity index (χ1) is 8.48. The molecule has 2 nitrogen and oxygen atoms in total. The lowest BCUT2D eigenvalue weighted by Crippen LogP contribution is -2.25. The van der Waals surface area contributed by atoms with Crippen molar-refractivity contribution in [3.63, 3.8) is 0 Å². The average Bonchev–Trinajstić information content (AvgIpc) is 2.46. The van der Waals surface area contributed by atoms with Gasteiger partial charge in [0.1, 0.15) is 0 Å². The summed E-state index contributed by atoms with van der Waals surface area (Å²) in [4.78, 5) is 2.48. The molecule has 100 valence electrons. The highest BCUT2D eigenvalue weighted by Crippen LogP contribution is 2.31. The average molecular weight is 267 g/mol. The van der Waals surface area contributed by atoms with Crippen molar-refractivity contribution in [2.45, 2.75) is 39.7 Å². The van der Waals surface area contributed by atoms with Crippen molar-refractivity contribution in [3.05, 3.63) is 28.8 Å². The van der Waals surface area contributed by atoms with E-state index in [1.165, 1.54) is 19.3 Å². The van der Waals surface area contributed by atoms with E-state index in [2.05, 4.69) is 18.7 Å². The van der Waals surface area contributed by atoms with Crippen LogP contribution in [0.1, 0.15) is 38.7 Å². The molecule has 0 saturated carbocycles. The van der Waals surface area contributed by atoms with E-state index >= 15 is 0 Å². The monoisotopic (exact) mass is 266 g/mol. The van der Waals surface area contributed by atoms with Crippen LogP contribution >= 0.6 is 11.6 Å². The molecule has 0 bridgehead atoms. The number of likely N-dealkylation sites (tertiary alicyclic amines) is 1. The van der Waals surface area contributed by atoms with Gasteiger partial charge in [0.25, 0.3) is 0 Å². The molecule has 0 unspecified atom stereocenters. The fraction of sp³-hybridized carbons (Fsp3) is 0.600. The van der Waals surface area contributed by atoms with E-state index < -0.39 is 0 Å². The topological polar surface area (TPSA) is 29.3 Å². The highest BCUT2D eigenvalue weighted by atomic mass is 35.5. The lowest BCUT2D eigenvalue weighted by molar-refractivity contribution is 0.256. The van der Waals surface area contributed by atoms with Crippen molar-refractivity contribution in [1.82, 2.24) is 4.90 Å². The molecule has 0 spiro atoms. The smallest absolute Gasteiger partial charge is 0.0471 e. The molecule has 1 aliphatic rings. The van der Waals surface area contributed by atoms with Gasteiger partial charge in [-0.3, -0.25) is 4.90 Å². The van der Waals surface area contributed by atoms with E-state index in [9.17, 15) is 0 Å². The number of nitrogens with two attached hydrogens (primary N) is 1. The Bertz CT molecular complexity index is 395. The summed E-state index contributed by atoms with van der Waals surface area (Å²) in [7, 11) is 0. The lowest BCUT2D eigenvalue weighted by Gasteiger charge is -2.24. The highest BCUT2D eigenvalue weighted by Gasteiger charge is 2.23. The molecule has 18 heavy (non-hydrogen) atoms. The van der Waals surface area contributed by atoms with Crippen LogP contribution in [0, 0.1) is 5.41 Å². The molecular formula is C15H23ClN2. The Balaban J connectivity index is 2.05. The Kier molecular flexibility index (Phi) is 4.18. The molecule has 1 aliphatic heterocycles. The van der Waals surface area contributed by atoms with Crippen LogP contribution in [-0.4, -0.2) is 18.0 Å². The summed E-state index contributed by atoms with van der Waals surface area (Å²) < 4.78 is 0. The molecule has 3 heteroatoms. The minimum Gasteiger partial charge on any atom is -0.398 e. The fourth-order valence-electron chi connectivity index (χ4n) is 2.60. The van der Waals surface area contributed by atoms with Gasteiger partial charge in [0.15, 0.2) is 0 Å². The Morgan fingerprint density at radius 2 is 2.06 bits per heavy atom. The number of halogens is 1. The highest BCUT2D eigenvalue weighted by molar-refractivity contribution is 6.31. The summed E-state index contributed by atoms with van der Waals surface area (Å²) in [5, 5.41) is 0.790. The van der Waals surface area contributed by atoms with Crippen LogP contribution in [0.4, 0.5) is 5.69 Å². The first-order valence-electron chi connectivity index (χ1n) is 6.73. The minimum atomic E-state index is 0.473. The second-order valence-corrected chi connectivity index (χ2v) is 6.51. The van der Waals surface area contributed by atoms with Gasteiger partial charge in [-0.2, -0.15) is 0 Å². The number of nitrogen functional groups attached to an aromatic ring is 1. The van der Waals surface area contributed by atoms with Crippen LogP contribution in [0.2, 0.25) is 5.02 Å². The molecule has 2 N–H and O–H groups in total. The molecule has 0 radical (unpaired) electrons. The third-order valence-electron chi connectivity index (χ3n) is 3.97. The van der Waals surface area contributed by atoms with E-state index in [0.29, 0.717) is 5.41 Å². The van der Waals surface area contributed by atoms with Gasteiger partial charge < -0.3 is 5.73 Å². The van der Waals surface area contributed by atoms with Crippen molar-refractivity contribution >= 4 is 17.3 Å². The maximum Gasteiger partial charge on any atom is 0.0471 e. The molecule has 1 aromatic carbocycles. The van der Waals surface area contributed by atoms with Gasteiger partial charge in [0.05, 0.1) is 0 Å². The zero-order valence-corrected chi connectivity index (χ0v) is 12.1. The predicted octanol–water partition coefficient (Wildman–Crippen LogP) is 3.93. The standard InChI is InChI=1S/C15H23ClN2/c1-15(2)7-4-9-18(10-8-15)11-12-13(16)5-3-6-14(12)17/h3,5-6H,4,7-11,17H2,1-2H3. The Labute approximate surface area is 115 Å². The van der Waals surface area contributed by atoms with Crippen molar-refractivity contribution in [2.75, 3.05) is 18.8 Å². The number of hydrogen-bond donors (Lipinski definition) is 1. The van der Waals surface area contributed by atoms with E-state index in [4.69, 9.17) is 17.3 Å². The molecule has 2 rings (SSSR count). The van der Waals surface area contributed by atoms with E-state index in [-0.39, 0.29) is 0 Å². The second kappa shape index (κ2) is 5.50. The van der Waals surface area contributed by atoms with Gasteiger partial charge in [0.2, 0.25) is 0 Å². The molecule has 1 heterocycles. The van der Waals surface area contributed by atoms with E-state index in [1.807, 2.05) is 18.2 Å². The maximum atomic E-state index is 6.24. The predicted molar refractivity (Wildman–Crippen MR) is 78.8 cm³/mol. The first kappa shape index (κ1) is 13.7. The van der Waals surface area contributed by atoms with Gasteiger partial charge in [-0.15, -0.1) is 0 Å². The van der Waals surface area contributed by atoms with Gasteiger partial charge in [0, 0.05) is 22.8 Å². The maximum absolute atomic E-state index is 6.24. The quantitative estimate of drug-likeness (QED) is 0.822. The van der Waals surface area contributed by atoms with Crippen LogP contribution in [0.3, 0.4) is 0 Å². The first-order valence-corrected chi connectivity index (χ1v) is 7.11. The van der Waals surface area contributed by atoms with Crippen molar-refractivity contribution in [2.24, 2.45) is 5.41 Å². The minimum absolute atomic E-state index is 0.473. The van der Waals surface area contributed by atoms with Crippen LogP contribution in [-0.2, 0) is 6.54 Å². The summed E-state index contributed by atoms with van der Waals surface area (Å²) in [6.07, 6.45) is 3.82. The van der Waals surface area contributed by atoms with E-state index in [1.54, 1.807) is 0 Å². The fourth-order valence-corrected chi connectivity index (χ4v) is 2.84. The zero-order chi connectivity index (χ0) is 13.2. The van der Waals surface area contributed by atoms with Gasteiger partial charge in [-0.05, 0) is 49.9 Å². The van der Waals surface area contributed by atoms with Gasteiger partial charge >= 0.3 is 0 Å². The Morgan fingerprint density at radius 3 is 2.78 bits per heavy atom. The summed E-state index contributed by atoms with van der Waals surface area (Å²) >= 11 is 6.24. The largest absolute Gasteiger partial charge is 0.398 e. The van der Waals surface area contributed by atoms with E-state index in [0.717, 1.165) is 35.9 Å². The number of nitrogens with zero attached hydrogens (tertiary/aromatic N) is 1.